The van der Waals surface area contributed by atoms with E-state index in [0.717, 1.165) is 31.3 Å². The lowest BCUT2D eigenvalue weighted by atomic mass is 9.84. The molecule has 1 aromatic carbocycles. The summed E-state index contributed by atoms with van der Waals surface area (Å²) in [4.78, 5) is 2.48. The van der Waals surface area contributed by atoms with Gasteiger partial charge in [0.25, 0.3) is 0 Å². The van der Waals surface area contributed by atoms with E-state index >= 15 is 0 Å². The van der Waals surface area contributed by atoms with Crippen LogP contribution in [0, 0.1) is 5.92 Å². The standard InChI is InChI=1S/C21H26N2O3/c1-4-14-12-9-18-20-15(7-8-22(18)2)16-11-13(24)5-6-17(16)23(20)19(10-12)26-21(14)25-3/h4-6,11-12,18-19,21,24H,7-10H2,1-3H3/b14-4+/t12-,18+,19-,21+/m1/s1. The predicted molar refractivity (Wildman–Crippen MR) is 100 cm³/mol. The Balaban J connectivity index is 1.77. The van der Waals surface area contributed by atoms with Gasteiger partial charge >= 0.3 is 0 Å². The summed E-state index contributed by atoms with van der Waals surface area (Å²) < 4.78 is 14.5. The topological polar surface area (TPSA) is 46.9 Å². The number of methoxy groups -OCH3 is 1. The second-order valence-corrected chi connectivity index (χ2v) is 7.80. The lowest BCUT2D eigenvalue weighted by Crippen LogP contribution is -2.34. The highest BCUT2D eigenvalue weighted by Gasteiger charge is 2.44. The third kappa shape index (κ3) is 2.14. The molecule has 4 heterocycles. The first-order valence-corrected chi connectivity index (χ1v) is 9.52. The average Bonchev–Trinajstić information content (AvgIpc) is 2.89. The smallest absolute Gasteiger partial charge is 0.182 e. The highest BCUT2D eigenvalue weighted by atomic mass is 16.7. The largest absolute Gasteiger partial charge is 0.508 e. The monoisotopic (exact) mass is 354 g/mol. The number of rotatable bonds is 1. The number of allylic oxidation sites excluding steroid dienone is 1. The Morgan fingerprint density at radius 2 is 2.15 bits per heavy atom. The molecule has 0 unspecified atom stereocenters. The number of phenolic OH excluding ortho intramolecular Hbond substituents is 1. The lowest BCUT2D eigenvalue weighted by Gasteiger charge is -2.37. The van der Waals surface area contributed by atoms with Crippen LogP contribution in [0.15, 0.2) is 29.8 Å². The SMILES string of the molecule is C/C=C1\[C@@H]2C[C@H]3c4c(c5cc(O)ccc5n4[C@@H](C2)O[C@@H]1OC)CCN3C. The fourth-order valence-corrected chi connectivity index (χ4v) is 5.35. The van der Waals surface area contributed by atoms with E-state index < -0.39 is 0 Å². The Kier molecular flexibility index (Phi) is 3.68. The van der Waals surface area contributed by atoms with Crippen molar-refractivity contribution in [1.82, 2.24) is 9.47 Å². The maximum atomic E-state index is 10.0. The number of benzene rings is 1. The molecule has 0 aliphatic carbocycles. The first-order valence-electron chi connectivity index (χ1n) is 9.52. The number of aromatic hydroxyl groups is 1. The lowest BCUT2D eigenvalue weighted by molar-refractivity contribution is -0.182. The van der Waals surface area contributed by atoms with Crippen LogP contribution in [0.25, 0.3) is 10.9 Å². The number of aromatic nitrogens is 1. The minimum Gasteiger partial charge on any atom is -0.508 e. The zero-order chi connectivity index (χ0) is 18.0. The number of fused-ring (bicyclic) bond motifs is 6. The van der Waals surface area contributed by atoms with Crippen molar-refractivity contribution in [3.8, 4) is 5.75 Å². The molecule has 1 N–H and O–H groups in total. The van der Waals surface area contributed by atoms with Gasteiger partial charge in [-0.2, -0.15) is 0 Å². The number of nitrogens with zero attached hydrogens (tertiary/aromatic N) is 2. The Morgan fingerprint density at radius 3 is 2.92 bits per heavy atom. The molecule has 1 aromatic heterocycles. The van der Waals surface area contributed by atoms with Gasteiger partial charge in [-0.05, 0) is 68.5 Å². The molecular formula is C21H26N2O3. The normalized spacial score (nSPS) is 32.7. The summed E-state index contributed by atoms with van der Waals surface area (Å²) in [6.45, 7) is 3.13. The van der Waals surface area contributed by atoms with Crippen molar-refractivity contribution in [2.24, 2.45) is 5.92 Å². The zero-order valence-corrected chi connectivity index (χ0v) is 15.6. The average molecular weight is 354 g/mol. The molecule has 3 aliphatic heterocycles. The van der Waals surface area contributed by atoms with E-state index in [1.807, 2.05) is 12.1 Å². The second kappa shape index (κ2) is 5.84. The molecule has 0 spiro atoms. The minimum atomic E-state index is -0.278. The maximum Gasteiger partial charge on any atom is 0.182 e. The maximum absolute atomic E-state index is 10.0. The molecule has 1 saturated heterocycles. The molecule has 5 heteroatoms. The molecule has 2 aromatic rings. The summed E-state index contributed by atoms with van der Waals surface area (Å²) in [7, 11) is 3.96. The third-order valence-electron chi connectivity index (χ3n) is 6.55. The quantitative estimate of drug-likeness (QED) is 0.793. The predicted octanol–water partition coefficient (Wildman–Crippen LogP) is 3.73. The van der Waals surface area contributed by atoms with Crippen LogP contribution in [0.2, 0.25) is 0 Å². The summed E-state index contributed by atoms with van der Waals surface area (Å²) >= 11 is 0. The fourth-order valence-electron chi connectivity index (χ4n) is 5.35. The Labute approximate surface area is 153 Å². The van der Waals surface area contributed by atoms with Gasteiger partial charge in [-0.25, -0.2) is 0 Å². The number of ether oxygens (including phenoxy) is 2. The Morgan fingerprint density at radius 1 is 1.31 bits per heavy atom. The van der Waals surface area contributed by atoms with E-state index in [4.69, 9.17) is 9.47 Å². The molecule has 2 bridgehead atoms. The number of phenols is 1. The second-order valence-electron chi connectivity index (χ2n) is 7.80. The zero-order valence-electron chi connectivity index (χ0n) is 15.6. The van der Waals surface area contributed by atoms with Crippen molar-refractivity contribution < 1.29 is 14.6 Å². The molecule has 0 radical (unpaired) electrons. The number of likely N-dealkylation sites (N-methyl/N-ethyl adjacent to an activating group) is 1. The third-order valence-corrected chi connectivity index (χ3v) is 6.55. The van der Waals surface area contributed by atoms with Crippen molar-refractivity contribution in [2.45, 2.75) is 44.7 Å². The van der Waals surface area contributed by atoms with Gasteiger partial charge in [-0.1, -0.05) is 6.08 Å². The molecule has 3 aliphatic rings. The van der Waals surface area contributed by atoms with Crippen molar-refractivity contribution in [1.29, 1.82) is 0 Å². The van der Waals surface area contributed by atoms with Gasteiger partial charge in [0, 0.05) is 24.7 Å². The van der Waals surface area contributed by atoms with E-state index in [1.54, 1.807) is 13.2 Å². The van der Waals surface area contributed by atoms with Gasteiger partial charge in [0.15, 0.2) is 6.29 Å². The van der Waals surface area contributed by atoms with Crippen LogP contribution < -0.4 is 0 Å². The van der Waals surface area contributed by atoms with Crippen molar-refractivity contribution in [3.05, 3.63) is 41.1 Å². The van der Waals surface area contributed by atoms with E-state index in [1.165, 1.54) is 22.2 Å². The van der Waals surface area contributed by atoms with Gasteiger partial charge in [0.05, 0.1) is 11.6 Å². The highest BCUT2D eigenvalue weighted by Crippen LogP contribution is 2.50. The molecule has 1 fully saturated rings. The van der Waals surface area contributed by atoms with E-state index in [9.17, 15) is 5.11 Å². The van der Waals surface area contributed by atoms with Crippen LogP contribution in [0.4, 0.5) is 0 Å². The van der Waals surface area contributed by atoms with Gasteiger partial charge in [0.2, 0.25) is 0 Å². The van der Waals surface area contributed by atoms with Crippen LogP contribution in [-0.2, 0) is 15.9 Å². The van der Waals surface area contributed by atoms with E-state index in [0.29, 0.717) is 17.7 Å². The molecule has 5 rings (SSSR count). The molecule has 5 nitrogen and oxygen atoms in total. The molecular weight excluding hydrogens is 328 g/mol. The van der Waals surface area contributed by atoms with Gasteiger partial charge in [-0.3, -0.25) is 4.90 Å². The Hall–Kier alpha value is -1.82. The summed E-state index contributed by atoms with van der Waals surface area (Å²) in [6.07, 6.45) is 4.94. The van der Waals surface area contributed by atoms with Crippen LogP contribution in [0.3, 0.4) is 0 Å². The van der Waals surface area contributed by atoms with Crippen LogP contribution in [0.5, 0.6) is 5.75 Å². The summed E-state index contributed by atoms with van der Waals surface area (Å²) in [5, 5.41) is 11.2. The molecule has 4 atom stereocenters. The summed E-state index contributed by atoms with van der Waals surface area (Å²) in [6, 6.07) is 6.11. The van der Waals surface area contributed by atoms with Crippen molar-refractivity contribution >= 4 is 10.9 Å². The molecule has 0 amide bonds. The first kappa shape index (κ1) is 16.4. The van der Waals surface area contributed by atoms with Crippen molar-refractivity contribution in [2.75, 3.05) is 20.7 Å². The van der Waals surface area contributed by atoms with Crippen LogP contribution >= 0.6 is 0 Å². The van der Waals surface area contributed by atoms with E-state index in [2.05, 4.69) is 29.5 Å². The summed E-state index contributed by atoms with van der Waals surface area (Å²) in [5.74, 6) is 0.799. The minimum absolute atomic E-state index is 0.0269. The van der Waals surface area contributed by atoms with Gasteiger partial charge < -0.3 is 19.1 Å². The first-order chi connectivity index (χ1) is 12.6. The molecule has 138 valence electrons. The molecule has 0 saturated carbocycles. The van der Waals surface area contributed by atoms with Gasteiger partial charge in [-0.15, -0.1) is 0 Å². The summed E-state index contributed by atoms with van der Waals surface area (Å²) in [5.41, 5.74) is 5.19. The van der Waals surface area contributed by atoms with Gasteiger partial charge in [0.1, 0.15) is 12.0 Å². The van der Waals surface area contributed by atoms with Crippen molar-refractivity contribution in [3.63, 3.8) is 0 Å². The van der Waals surface area contributed by atoms with Crippen LogP contribution in [0.1, 0.15) is 43.3 Å². The number of hydrogen-bond donors (Lipinski definition) is 1. The number of hydrogen-bond acceptors (Lipinski definition) is 4. The van der Waals surface area contributed by atoms with Crippen LogP contribution in [-0.4, -0.2) is 41.6 Å². The van der Waals surface area contributed by atoms with E-state index in [-0.39, 0.29) is 12.5 Å². The molecule has 26 heavy (non-hydrogen) atoms. The Bertz CT molecular complexity index is 900. The fraction of sp³-hybridized carbons (Fsp3) is 0.524. The highest BCUT2D eigenvalue weighted by molar-refractivity contribution is 5.87.